The minimum absolute atomic E-state index is 1.10. The lowest BCUT2D eigenvalue weighted by Gasteiger charge is -1.98. The van der Waals surface area contributed by atoms with E-state index in [0.29, 0.717) is 0 Å². The summed E-state index contributed by atoms with van der Waals surface area (Å²) in [5.74, 6) is 1.34. The van der Waals surface area contributed by atoms with Crippen LogP contribution in [0, 0.1) is 0 Å². The molecule has 0 aliphatic rings. The summed E-state index contributed by atoms with van der Waals surface area (Å²) in [7, 11) is -6.00. The number of aryl methyl sites for hydroxylation is 2. The van der Waals surface area contributed by atoms with E-state index in [0.717, 1.165) is 6.42 Å². The van der Waals surface area contributed by atoms with Gasteiger partial charge < -0.3 is 17.3 Å². The van der Waals surface area contributed by atoms with Gasteiger partial charge in [0.05, 0.1) is 6.54 Å². The van der Waals surface area contributed by atoms with E-state index in [2.05, 4.69) is 29.6 Å². The van der Waals surface area contributed by atoms with Crippen molar-refractivity contribution in [2.75, 3.05) is 0 Å². The second kappa shape index (κ2) is 9.00. The van der Waals surface area contributed by atoms with Gasteiger partial charge in [0, 0.05) is 6.42 Å². The van der Waals surface area contributed by atoms with Crippen molar-refractivity contribution in [2.45, 2.75) is 52.5 Å². The second-order valence-corrected chi connectivity index (χ2v) is 4.01. The van der Waals surface area contributed by atoms with E-state index in [4.69, 9.17) is 0 Å². The van der Waals surface area contributed by atoms with Crippen LogP contribution in [0.15, 0.2) is 12.4 Å². The van der Waals surface area contributed by atoms with Gasteiger partial charge in [0.25, 0.3) is 5.82 Å². The Morgan fingerprint density at radius 1 is 1.11 bits per heavy atom. The van der Waals surface area contributed by atoms with Gasteiger partial charge in [-0.05, 0) is 12.8 Å². The summed E-state index contributed by atoms with van der Waals surface area (Å²) >= 11 is 0. The number of nitrogens with zero attached hydrogens (tertiary/aromatic N) is 1. The number of hydrogen-bond donors (Lipinski definition) is 1. The normalized spacial score (nSPS) is 11.0. The van der Waals surface area contributed by atoms with Crippen LogP contribution in [0.3, 0.4) is 0 Å². The molecule has 2 nitrogen and oxygen atoms in total. The summed E-state index contributed by atoms with van der Waals surface area (Å²) in [6.45, 7) is 5.61. The number of aromatic amines is 1. The maximum atomic E-state index is 9.75. The number of aromatic nitrogens is 2. The summed E-state index contributed by atoms with van der Waals surface area (Å²) < 4.78 is 41.3. The molecule has 0 saturated heterocycles. The molecule has 1 N–H and O–H groups in total. The fourth-order valence-corrected chi connectivity index (χ4v) is 1.62. The van der Waals surface area contributed by atoms with Gasteiger partial charge in [-0.2, -0.15) is 0 Å². The van der Waals surface area contributed by atoms with E-state index in [1.807, 2.05) is 6.20 Å². The zero-order valence-corrected chi connectivity index (χ0v) is 10.9. The van der Waals surface area contributed by atoms with E-state index in [1.165, 1.54) is 38.1 Å². The first-order valence-corrected chi connectivity index (χ1v) is 6.31. The van der Waals surface area contributed by atoms with E-state index in [9.17, 15) is 17.3 Å². The summed E-state index contributed by atoms with van der Waals surface area (Å²) in [5, 5.41) is 0. The molecule has 0 aromatic carbocycles. The molecule has 0 amide bonds. The highest BCUT2D eigenvalue weighted by Gasteiger charge is 2.20. The number of nitrogens with one attached hydrogen (secondary N) is 1. The summed E-state index contributed by atoms with van der Waals surface area (Å²) in [6, 6.07) is 0. The Hall–Kier alpha value is -1.01. The fraction of sp³-hybridized carbons (Fsp3) is 0.727. The van der Waals surface area contributed by atoms with Gasteiger partial charge in [-0.15, -0.1) is 0 Å². The topological polar surface area (TPSA) is 19.7 Å². The maximum absolute atomic E-state index is 9.75. The molecule has 0 aliphatic heterocycles. The van der Waals surface area contributed by atoms with E-state index in [-0.39, 0.29) is 0 Å². The van der Waals surface area contributed by atoms with Crippen LogP contribution in [0.5, 0.6) is 0 Å². The predicted molar refractivity (Wildman–Crippen MR) is 64.7 cm³/mol. The zero-order chi connectivity index (χ0) is 14.0. The Bertz CT molecular complexity index is 306. The van der Waals surface area contributed by atoms with Gasteiger partial charge in [-0.1, -0.05) is 26.7 Å². The lowest BCUT2D eigenvalue weighted by molar-refractivity contribution is -0.703. The fourth-order valence-electron chi connectivity index (χ4n) is 1.62. The van der Waals surface area contributed by atoms with Gasteiger partial charge >= 0.3 is 7.25 Å². The van der Waals surface area contributed by atoms with Crippen molar-refractivity contribution in [3.8, 4) is 0 Å². The highest BCUT2D eigenvalue weighted by atomic mass is 19.5. The molecule has 1 aromatic rings. The monoisotopic (exact) mass is 268 g/mol. The molecule has 0 fully saturated rings. The quantitative estimate of drug-likeness (QED) is 0.351. The van der Waals surface area contributed by atoms with Gasteiger partial charge in [0.2, 0.25) is 0 Å². The molecule has 0 unspecified atom stereocenters. The van der Waals surface area contributed by atoms with E-state index < -0.39 is 7.25 Å². The van der Waals surface area contributed by atoms with Crippen LogP contribution >= 0.6 is 0 Å². The predicted octanol–water partition coefficient (Wildman–Crippen LogP) is 3.74. The Morgan fingerprint density at radius 3 is 2.22 bits per heavy atom. The lowest BCUT2D eigenvalue weighted by Crippen LogP contribution is -2.35. The summed E-state index contributed by atoms with van der Waals surface area (Å²) in [5.41, 5.74) is 0. The van der Waals surface area contributed by atoms with Crippen LogP contribution in [0.25, 0.3) is 0 Å². The van der Waals surface area contributed by atoms with E-state index >= 15 is 0 Å². The van der Waals surface area contributed by atoms with Gasteiger partial charge in [0.15, 0.2) is 0 Å². The van der Waals surface area contributed by atoms with Crippen LogP contribution in [0.2, 0.25) is 0 Å². The number of unbranched alkanes of at least 4 members (excludes halogenated alkanes) is 3. The number of imidazole rings is 1. The molecular formula is C11H21BF4N2. The molecule has 1 rings (SSSR count). The molecule has 0 radical (unpaired) electrons. The third-order valence-electron chi connectivity index (χ3n) is 2.44. The molecular weight excluding hydrogens is 247 g/mol. The standard InChI is InChI=1S/C11H20N2.BF4/c1-3-5-6-7-9-13-10-8-12-11(13)4-2;2-1(3,4)5/h8,10H,3-7,9H2,1-2H3;/q;-1/p+1. The maximum Gasteiger partial charge on any atom is 0.673 e. The average molecular weight is 268 g/mol. The summed E-state index contributed by atoms with van der Waals surface area (Å²) in [6.07, 6.45) is 10.6. The molecule has 106 valence electrons. The number of rotatable bonds is 6. The van der Waals surface area contributed by atoms with Crippen molar-refractivity contribution in [2.24, 2.45) is 0 Å². The largest absolute Gasteiger partial charge is 0.673 e. The molecule has 0 aliphatic carbocycles. The van der Waals surface area contributed by atoms with Crippen LogP contribution in [-0.4, -0.2) is 12.2 Å². The van der Waals surface area contributed by atoms with Crippen molar-refractivity contribution in [1.29, 1.82) is 0 Å². The minimum Gasteiger partial charge on any atom is -0.418 e. The highest BCUT2D eigenvalue weighted by Crippen LogP contribution is 2.06. The molecule has 0 atom stereocenters. The molecule has 1 aromatic heterocycles. The van der Waals surface area contributed by atoms with Crippen molar-refractivity contribution < 1.29 is 21.8 Å². The van der Waals surface area contributed by atoms with Crippen LogP contribution in [0.1, 0.15) is 45.4 Å². The number of halogens is 4. The number of hydrogen-bond acceptors (Lipinski definition) is 0. The lowest BCUT2D eigenvalue weighted by atomic mass is 10.2. The Morgan fingerprint density at radius 2 is 1.72 bits per heavy atom. The SMILES string of the molecule is CCCCCC[n+]1cc[nH]c1CC.F[B-](F)(F)F. The third-order valence-corrected chi connectivity index (χ3v) is 2.44. The summed E-state index contributed by atoms with van der Waals surface area (Å²) in [4.78, 5) is 3.26. The molecule has 0 spiro atoms. The first kappa shape index (κ1) is 17.0. The van der Waals surface area contributed by atoms with Crippen LogP contribution in [-0.2, 0) is 13.0 Å². The molecule has 1 heterocycles. The second-order valence-electron chi connectivity index (χ2n) is 4.01. The molecule has 0 bridgehead atoms. The third kappa shape index (κ3) is 10.2. The zero-order valence-electron chi connectivity index (χ0n) is 10.9. The smallest absolute Gasteiger partial charge is 0.418 e. The van der Waals surface area contributed by atoms with Crippen molar-refractivity contribution in [3.63, 3.8) is 0 Å². The molecule has 0 saturated carbocycles. The van der Waals surface area contributed by atoms with Crippen LogP contribution in [0.4, 0.5) is 17.3 Å². The minimum atomic E-state index is -6.00. The molecule has 7 heteroatoms. The highest BCUT2D eigenvalue weighted by molar-refractivity contribution is 6.50. The van der Waals surface area contributed by atoms with Crippen molar-refractivity contribution >= 4 is 7.25 Å². The van der Waals surface area contributed by atoms with Gasteiger partial charge in [0.1, 0.15) is 12.4 Å². The first-order valence-electron chi connectivity index (χ1n) is 6.31. The van der Waals surface area contributed by atoms with Crippen molar-refractivity contribution in [3.05, 3.63) is 18.2 Å². The van der Waals surface area contributed by atoms with Gasteiger partial charge in [-0.25, -0.2) is 9.55 Å². The first-order chi connectivity index (χ1) is 8.38. The van der Waals surface area contributed by atoms with E-state index in [1.54, 1.807) is 0 Å². The van der Waals surface area contributed by atoms with Gasteiger partial charge in [-0.3, -0.25) is 0 Å². The van der Waals surface area contributed by atoms with Crippen molar-refractivity contribution in [1.82, 2.24) is 4.98 Å². The Kier molecular flexibility index (Phi) is 8.49. The van der Waals surface area contributed by atoms with Crippen LogP contribution < -0.4 is 4.57 Å². The average Bonchev–Trinajstić information content (AvgIpc) is 2.69. The Labute approximate surface area is 106 Å². The Balaban J connectivity index is 0.000000494. The molecule has 18 heavy (non-hydrogen) atoms. The number of H-pyrrole nitrogens is 1.